The Morgan fingerprint density at radius 2 is 2.13 bits per heavy atom. The summed E-state index contributed by atoms with van der Waals surface area (Å²) in [6.07, 6.45) is 0.835. The molecule has 6 heteroatoms. The first-order valence-electron chi connectivity index (χ1n) is 7.85. The number of carbonyl (C=O) groups is 1. The summed E-state index contributed by atoms with van der Waals surface area (Å²) in [7, 11) is 0. The van der Waals surface area contributed by atoms with E-state index in [1.54, 1.807) is 12.1 Å². The molecule has 0 bridgehead atoms. The van der Waals surface area contributed by atoms with Gasteiger partial charge < -0.3 is 20.5 Å². The third-order valence-corrected chi connectivity index (χ3v) is 4.68. The Morgan fingerprint density at radius 3 is 2.61 bits per heavy atom. The molecule has 1 fully saturated rings. The van der Waals surface area contributed by atoms with Crippen LogP contribution in [0.3, 0.4) is 0 Å². The molecule has 0 saturated carbocycles. The Labute approximate surface area is 142 Å². The van der Waals surface area contributed by atoms with Crippen molar-refractivity contribution in [2.75, 3.05) is 31.7 Å². The number of ether oxygens (including phenoxy) is 1. The maximum Gasteiger partial charge on any atom is 0.253 e. The molecule has 0 spiro atoms. The number of hydrogen-bond donors (Lipinski definition) is 3. The van der Waals surface area contributed by atoms with Gasteiger partial charge in [0.25, 0.3) is 5.91 Å². The van der Waals surface area contributed by atoms with Crippen molar-refractivity contribution in [1.29, 1.82) is 0 Å². The number of nitrogens with one attached hydrogen (secondary N) is 2. The third-order valence-electron chi connectivity index (χ3n) is 4.37. The average Bonchev–Trinajstić information content (AvgIpc) is 2.46. The maximum atomic E-state index is 12.3. The Kier molecular flexibility index (Phi) is 5.55. The lowest BCUT2D eigenvalue weighted by Crippen LogP contribution is -2.50. The molecule has 128 valence electrons. The first-order chi connectivity index (χ1) is 10.8. The zero-order valence-electron chi connectivity index (χ0n) is 13.9. The Hall–Kier alpha value is -1.30. The number of anilines is 1. The maximum absolute atomic E-state index is 12.3. The van der Waals surface area contributed by atoms with Crippen molar-refractivity contribution in [1.82, 2.24) is 5.32 Å². The van der Waals surface area contributed by atoms with Crippen LogP contribution in [-0.4, -0.2) is 42.9 Å². The largest absolute Gasteiger partial charge is 0.396 e. The normalized spacial score (nSPS) is 16.6. The van der Waals surface area contributed by atoms with Gasteiger partial charge in [0, 0.05) is 17.8 Å². The second kappa shape index (κ2) is 7.07. The van der Waals surface area contributed by atoms with E-state index in [-0.39, 0.29) is 23.5 Å². The molecule has 5 nitrogen and oxygen atoms in total. The van der Waals surface area contributed by atoms with Gasteiger partial charge in [-0.05, 0) is 38.5 Å². The SMILES string of the molecule is CCC(C)(C)NC(=O)c1ccc(NCC2(CO)COC2)cc1Cl. The molecule has 1 heterocycles. The third kappa shape index (κ3) is 4.37. The molecule has 0 radical (unpaired) electrons. The van der Waals surface area contributed by atoms with Gasteiger partial charge in [-0.3, -0.25) is 4.79 Å². The van der Waals surface area contributed by atoms with E-state index in [1.165, 1.54) is 0 Å². The Morgan fingerprint density at radius 1 is 1.43 bits per heavy atom. The summed E-state index contributed by atoms with van der Waals surface area (Å²) in [5, 5.41) is 16.0. The highest BCUT2D eigenvalue weighted by atomic mass is 35.5. The lowest BCUT2D eigenvalue weighted by Gasteiger charge is -2.40. The molecule has 3 N–H and O–H groups in total. The van der Waals surface area contributed by atoms with Crippen LogP contribution < -0.4 is 10.6 Å². The minimum absolute atomic E-state index is 0.0837. The standard InChI is InChI=1S/C17H25ClN2O3/c1-4-16(2,3)20-15(22)13-6-5-12(7-14(13)18)19-8-17(9-21)10-23-11-17/h5-7,19,21H,4,8-11H2,1-3H3,(H,20,22). The number of benzene rings is 1. The smallest absolute Gasteiger partial charge is 0.253 e. The highest BCUT2D eigenvalue weighted by Gasteiger charge is 2.37. The molecule has 1 saturated heterocycles. The fraction of sp³-hybridized carbons (Fsp3) is 0.588. The molecule has 1 aromatic carbocycles. The first kappa shape index (κ1) is 18.0. The van der Waals surface area contributed by atoms with Gasteiger partial charge in [-0.15, -0.1) is 0 Å². The van der Waals surface area contributed by atoms with Crippen LogP contribution in [0.2, 0.25) is 5.02 Å². The van der Waals surface area contributed by atoms with Crippen molar-refractivity contribution >= 4 is 23.2 Å². The van der Waals surface area contributed by atoms with Crippen molar-refractivity contribution in [3.8, 4) is 0 Å². The minimum atomic E-state index is -0.269. The molecule has 0 atom stereocenters. The molecular formula is C17H25ClN2O3. The van der Waals surface area contributed by atoms with Gasteiger partial charge in [-0.1, -0.05) is 18.5 Å². The van der Waals surface area contributed by atoms with E-state index in [1.807, 2.05) is 26.8 Å². The molecule has 1 aliphatic rings. The van der Waals surface area contributed by atoms with Crippen molar-refractivity contribution in [3.63, 3.8) is 0 Å². The van der Waals surface area contributed by atoms with Crippen molar-refractivity contribution in [2.45, 2.75) is 32.7 Å². The van der Waals surface area contributed by atoms with E-state index in [2.05, 4.69) is 10.6 Å². The number of carbonyl (C=O) groups excluding carboxylic acids is 1. The summed E-state index contributed by atoms with van der Waals surface area (Å²) < 4.78 is 5.17. The van der Waals surface area contributed by atoms with Crippen LogP contribution in [0.1, 0.15) is 37.6 Å². The molecule has 0 aromatic heterocycles. The van der Waals surface area contributed by atoms with E-state index in [0.717, 1.165) is 12.1 Å². The summed E-state index contributed by atoms with van der Waals surface area (Å²) in [5.41, 5.74) is 0.798. The predicted octanol–water partition coefficient (Wildman–Crippen LogP) is 2.68. The minimum Gasteiger partial charge on any atom is -0.396 e. The summed E-state index contributed by atoms with van der Waals surface area (Å²) in [6, 6.07) is 5.28. The van der Waals surface area contributed by atoms with Crippen molar-refractivity contribution < 1.29 is 14.6 Å². The Balaban J connectivity index is 2.01. The van der Waals surface area contributed by atoms with Crippen LogP contribution in [0.4, 0.5) is 5.69 Å². The summed E-state index contributed by atoms with van der Waals surface area (Å²) in [6.45, 7) is 7.77. The quantitative estimate of drug-likeness (QED) is 0.713. The van der Waals surface area contributed by atoms with Crippen molar-refractivity contribution in [3.05, 3.63) is 28.8 Å². The van der Waals surface area contributed by atoms with Crippen LogP contribution in [0.5, 0.6) is 0 Å². The van der Waals surface area contributed by atoms with Gasteiger partial charge in [0.15, 0.2) is 0 Å². The molecule has 2 rings (SSSR count). The summed E-state index contributed by atoms with van der Waals surface area (Å²) in [5.74, 6) is -0.173. The molecule has 0 unspecified atom stereocenters. The van der Waals surface area contributed by atoms with Gasteiger partial charge in [-0.2, -0.15) is 0 Å². The van der Waals surface area contributed by atoms with E-state index in [9.17, 15) is 9.90 Å². The molecule has 1 aliphatic heterocycles. The van der Waals surface area contributed by atoms with E-state index < -0.39 is 0 Å². The van der Waals surface area contributed by atoms with Crippen LogP contribution >= 0.6 is 11.6 Å². The van der Waals surface area contributed by atoms with Crippen LogP contribution in [-0.2, 0) is 4.74 Å². The molecule has 1 amide bonds. The van der Waals surface area contributed by atoms with E-state index in [0.29, 0.717) is 30.3 Å². The lowest BCUT2D eigenvalue weighted by molar-refractivity contribution is -0.128. The zero-order chi connectivity index (χ0) is 17.1. The van der Waals surface area contributed by atoms with Crippen LogP contribution in [0, 0.1) is 5.41 Å². The zero-order valence-corrected chi connectivity index (χ0v) is 14.7. The number of halogens is 1. The fourth-order valence-electron chi connectivity index (χ4n) is 2.20. The van der Waals surface area contributed by atoms with Gasteiger partial charge in [0.2, 0.25) is 0 Å². The Bertz CT molecular complexity index is 565. The van der Waals surface area contributed by atoms with Gasteiger partial charge in [-0.25, -0.2) is 0 Å². The second-order valence-electron chi connectivity index (χ2n) is 6.89. The predicted molar refractivity (Wildman–Crippen MR) is 92.1 cm³/mol. The number of rotatable bonds is 7. The molecule has 0 aliphatic carbocycles. The van der Waals surface area contributed by atoms with Gasteiger partial charge in [0.05, 0.1) is 35.8 Å². The average molecular weight is 341 g/mol. The molecule has 23 heavy (non-hydrogen) atoms. The lowest BCUT2D eigenvalue weighted by atomic mass is 9.87. The highest BCUT2D eigenvalue weighted by Crippen LogP contribution is 2.28. The number of amides is 1. The fourth-order valence-corrected chi connectivity index (χ4v) is 2.47. The topological polar surface area (TPSA) is 70.6 Å². The monoisotopic (exact) mass is 340 g/mol. The van der Waals surface area contributed by atoms with Gasteiger partial charge >= 0.3 is 0 Å². The number of aliphatic hydroxyl groups is 1. The summed E-state index contributed by atoms with van der Waals surface area (Å²) in [4.78, 5) is 12.3. The van der Waals surface area contributed by atoms with Crippen LogP contribution in [0.15, 0.2) is 18.2 Å². The number of aliphatic hydroxyl groups excluding tert-OH is 1. The van der Waals surface area contributed by atoms with Gasteiger partial charge in [0.1, 0.15) is 0 Å². The first-order valence-corrected chi connectivity index (χ1v) is 8.23. The van der Waals surface area contributed by atoms with E-state index in [4.69, 9.17) is 16.3 Å². The van der Waals surface area contributed by atoms with E-state index >= 15 is 0 Å². The van der Waals surface area contributed by atoms with Crippen LogP contribution in [0.25, 0.3) is 0 Å². The number of hydrogen-bond acceptors (Lipinski definition) is 4. The summed E-state index contributed by atoms with van der Waals surface area (Å²) >= 11 is 6.25. The van der Waals surface area contributed by atoms with Crippen molar-refractivity contribution in [2.24, 2.45) is 5.41 Å². The highest BCUT2D eigenvalue weighted by molar-refractivity contribution is 6.34. The molecular weight excluding hydrogens is 316 g/mol. The molecule has 1 aromatic rings. The second-order valence-corrected chi connectivity index (χ2v) is 7.30.